The molecule has 0 saturated carbocycles. The van der Waals surface area contributed by atoms with Crippen LogP contribution in [0.3, 0.4) is 0 Å². The van der Waals surface area contributed by atoms with Gasteiger partial charge in [-0.25, -0.2) is 4.79 Å². The van der Waals surface area contributed by atoms with Crippen molar-refractivity contribution in [1.29, 1.82) is 0 Å². The van der Waals surface area contributed by atoms with Gasteiger partial charge in [0.05, 0.1) is 6.61 Å². The minimum absolute atomic E-state index is 0.215. The topological polar surface area (TPSA) is 26.3 Å². The zero-order valence-corrected chi connectivity index (χ0v) is 29.4. The molecule has 0 fully saturated rings. The van der Waals surface area contributed by atoms with E-state index in [-0.39, 0.29) is 5.97 Å². The summed E-state index contributed by atoms with van der Waals surface area (Å²) in [5.41, 5.74) is 0.521. The van der Waals surface area contributed by atoms with Crippen LogP contribution in [0.25, 0.3) is 0 Å². The van der Waals surface area contributed by atoms with Crippen LogP contribution in [-0.2, 0) is 9.53 Å². The molecule has 0 radical (unpaired) electrons. The Morgan fingerprint density at radius 3 is 0.929 bits per heavy atom. The molecule has 0 bridgehead atoms. The minimum Gasteiger partial charge on any atom is -0.462 e. The second-order valence-corrected chi connectivity index (χ2v) is 13.7. The summed E-state index contributed by atoms with van der Waals surface area (Å²) < 4.78 is 5.57. The van der Waals surface area contributed by atoms with E-state index < -0.39 is 0 Å². The Bertz CT molecular complexity index is 554. The van der Waals surface area contributed by atoms with E-state index in [1.807, 2.05) is 0 Å². The van der Waals surface area contributed by atoms with E-state index in [0.29, 0.717) is 18.1 Å². The predicted molar refractivity (Wildman–Crippen MR) is 188 cm³/mol. The van der Waals surface area contributed by atoms with Gasteiger partial charge in [0, 0.05) is 5.57 Å². The molecule has 0 heterocycles. The third-order valence-corrected chi connectivity index (χ3v) is 9.23. The molecule has 250 valence electrons. The Hall–Kier alpha value is -0.790. The largest absolute Gasteiger partial charge is 0.462 e. The van der Waals surface area contributed by atoms with Crippen molar-refractivity contribution in [2.75, 3.05) is 6.61 Å². The summed E-state index contributed by atoms with van der Waals surface area (Å²) in [6.45, 7) is 10.7. The van der Waals surface area contributed by atoms with Gasteiger partial charge in [-0.05, 0) is 25.7 Å². The number of hydrogen-bond acceptors (Lipinski definition) is 2. The average Bonchev–Trinajstić information content (AvgIpc) is 2.99. The molecular weight excluding hydrogens is 512 g/mol. The first kappa shape index (κ1) is 41.2. The van der Waals surface area contributed by atoms with Crippen LogP contribution in [-0.4, -0.2) is 12.6 Å². The van der Waals surface area contributed by atoms with Crippen molar-refractivity contribution in [3.63, 3.8) is 0 Å². The standard InChI is InChI=1S/C40H78O2/c1-5-7-9-11-13-15-17-19-20-21-22-23-24-26-28-30-32-34-36-39(37-42-40(41)38(3)4)35-33-31-29-27-25-18-16-14-12-10-8-6-2/h39H,3,5-37H2,1-2,4H3. The van der Waals surface area contributed by atoms with Crippen molar-refractivity contribution in [2.45, 2.75) is 226 Å². The van der Waals surface area contributed by atoms with Crippen molar-refractivity contribution >= 4 is 5.97 Å². The zero-order chi connectivity index (χ0) is 30.8. The van der Waals surface area contributed by atoms with Gasteiger partial charge in [0.1, 0.15) is 0 Å². The second-order valence-electron chi connectivity index (χ2n) is 13.7. The number of esters is 1. The quantitative estimate of drug-likeness (QED) is 0.0417. The van der Waals surface area contributed by atoms with Crippen molar-refractivity contribution in [3.8, 4) is 0 Å². The van der Waals surface area contributed by atoms with Crippen LogP contribution in [0.15, 0.2) is 12.2 Å². The predicted octanol–water partition coefficient (Wildman–Crippen LogP) is 14.2. The number of rotatable bonds is 35. The third kappa shape index (κ3) is 32.1. The van der Waals surface area contributed by atoms with Crippen molar-refractivity contribution in [1.82, 2.24) is 0 Å². The highest BCUT2D eigenvalue weighted by Gasteiger charge is 2.12. The van der Waals surface area contributed by atoms with Crippen LogP contribution in [0.1, 0.15) is 226 Å². The zero-order valence-electron chi connectivity index (χ0n) is 29.4. The molecule has 0 aromatic carbocycles. The SMILES string of the molecule is C=C(C)C(=O)OCC(CCCCCCCCCCCCCC)CCCCCCCCCCCCCCCCCCCC. The smallest absolute Gasteiger partial charge is 0.333 e. The summed E-state index contributed by atoms with van der Waals surface area (Å²) in [6, 6.07) is 0. The van der Waals surface area contributed by atoms with Gasteiger partial charge in [0.15, 0.2) is 0 Å². The van der Waals surface area contributed by atoms with Gasteiger partial charge in [-0.2, -0.15) is 0 Å². The fraction of sp³-hybridized carbons (Fsp3) is 0.925. The fourth-order valence-corrected chi connectivity index (χ4v) is 6.24. The van der Waals surface area contributed by atoms with Gasteiger partial charge >= 0.3 is 5.97 Å². The van der Waals surface area contributed by atoms with E-state index >= 15 is 0 Å². The molecule has 0 amide bonds. The van der Waals surface area contributed by atoms with Crippen LogP contribution in [0.5, 0.6) is 0 Å². The molecule has 0 rings (SSSR count). The fourth-order valence-electron chi connectivity index (χ4n) is 6.24. The monoisotopic (exact) mass is 591 g/mol. The Kier molecular flexibility index (Phi) is 34.0. The third-order valence-electron chi connectivity index (χ3n) is 9.23. The lowest BCUT2D eigenvalue weighted by molar-refractivity contribution is -0.140. The Morgan fingerprint density at radius 2 is 0.690 bits per heavy atom. The van der Waals surface area contributed by atoms with Gasteiger partial charge in [0.25, 0.3) is 0 Å². The molecule has 0 aromatic rings. The van der Waals surface area contributed by atoms with Crippen LogP contribution < -0.4 is 0 Å². The van der Waals surface area contributed by atoms with Gasteiger partial charge in [-0.15, -0.1) is 0 Å². The lowest BCUT2D eigenvalue weighted by Crippen LogP contribution is -2.15. The summed E-state index contributed by atoms with van der Waals surface area (Å²) in [7, 11) is 0. The first-order valence-electron chi connectivity index (χ1n) is 19.4. The summed E-state index contributed by atoms with van der Waals surface area (Å²) in [5, 5.41) is 0. The molecule has 2 nitrogen and oxygen atoms in total. The Balaban J connectivity index is 3.71. The molecule has 2 heteroatoms. The normalized spacial score (nSPS) is 12.1. The van der Waals surface area contributed by atoms with E-state index in [9.17, 15) is 4.79 Å². The molecule has 0 aliphatic carbocycles. The van der Waals surface area contributed by atoms with Crippen molar-refractivity contribution in [3.05, 3.63) is 12.2 Å². The molecule has 0 aliphatic rings. The molecule has 0 aliphatic heterocycles. The average molecular weight is 591 g/mol. The molecule has 0 N–H and O–H groups in total. The van der Waals surface area contributed by atoms with Crippen LogP contribution >= 0.6 is 0 Å². The molecule has 0 spiro atoms. The van der Waals surface area contributed by atoms with Crippen molar-refractivity contribution < 1.29 is 9.53 Å². The summed E-state index contributed by atoms with van der Waals surface area (Å²) in [5.74, 6) is 0.310. The highest BCUT2D eigenvalue weighted by atomic mass is 16.5. The Labute approximate surface area is 266 Å². The van der Waals surface area contributed by atoms with Crippen LogP contribution in [0.2, 0.25) is 0 Å². The van der Waals surface area contributed by atoms with Gasteiger partial charge in [-0.3, -0.25) is 0 Å². The van der Waals surface area contributed by atoms with E-state index in [2.05, 4.69) is 20.4 Å². The molecule has 1 unspecified atom stereocenters. The maximum Gasteiger partial charge on any atom is 0.333 e. The number of carbonyl (C=O) groups excluding carboxylic acids is 1. The summed E-state index contributed by atoms with van der Waals surface area (Å²) >= 11 is 0. The number of carbonyl (C=O) groups is 1. The molecule has 42 heavy (non-hydrogen) atoms. The van der Waals surface area contributed by atoms with Gasteiger partial charge in [0.2, 0.25) is 0 Å². The molecule has 0 saturated heterocycles. The van der Waals surface area contributed by atoms with E-state index in [1.54, 1.807) is 6.92 Å². The lowest BCUT2D eigenvalue weighted by atomic mass is 9.94. The molecule has 0 aromatic heterocycles. The maximum atomic E-state index is 11.9. The number of unbranched alkanes of at least 4 members (excludes halogenated alkanes) is 28. The lowest BCUT2D eigenvalue weighted by Gasteiger charge is -2.17. The maximum absolute atomic E-state index is 11.9. The molecule has 1 atom stereocenters. The highest BCUT2D eigenvalue weighted by molar-refractivity contribution is 5.86. The van der Waals surface area contributed by atoms with Crippen LogP contribution in [0.4, 0.5) is 0 Å². The number of ether oxygens (including phenoxy) is 1. The van der Waals surface area contributed by atoms with Crippen LogP contribution in [0, 0.1) is 5.92 Å². The molecular formula is C40H78O2. The second kappa shape index (κ2) is 34.7. The first-order valence-corrected chi connectivity index (χ1v) is 19.4. The summed E-state index contributed by atoms with van der Waals surface area (Å²) in [6.07, 6.45) is 44.6. The Morgan fingerprint density at radius 1 is 0.452 bits per heavy atom. The van der Waals surface area contributed by atoms with E-state index in [1.165, 1.54) is 205 Å². The summed E-state index contributed by atoms with van der Waals surface area (Å²) in [4.78, 5) is 11.9. The first-order chi connectivity index (χ1) is 20.6. The van der Waals surface area contributed by atoms with Gasteiger partial charge < -0.3 is 4.74 Å². The van der Waals surface area contributed by atoms with Gasteiger partial charge in [-0.1, -0.05) is 213 Å². The van der Waals surface area contributed by atoms with E-state index in [0.717, 1.165) is 0 Å². The van der Waals surface area contributed by atoms with Crippen molar-refractivity contribution in [2.24, 2.45) is 5.92 Å². The minimum atomic E-state index is -0.215. The van der Waals surface area contributed by atoms with E-state index in [4.69, 9.17) is 4.74 Å². The highest BCUT2D eigenvalue weighted by Crippen LogP contribution is 2.21. The number of hydrogen-bond donors (Lipinski definition) is 0.